The van der Waals surface area contributed by atoms with Gasteiger partial charge in [0.25, 0.3) is 0 Å². The molecule has 6 heteroatoms. The van der Waals surface area contributed by atoms with Crippen molar-refractivity contribution < 1.29 is 24.2 Å². The van der Waals surface area contributed by atoms with Crippen LogP contribution in [-0.4, -0.2) is 34.0 Å². The van der Waals surface area contributed by atoms with Crippen LogP contribution in [0.1, 0.15) is 13.3 Å². The van der Waals surface area contributed by atoms with Crippen molar-refractivity contribution in [3.8, 4) is 0 Å². The lowest BCUT2D eigenvalue weighted by Crippen LogP contribution is -2.16. The third-order valence-electron chi connectivity index (χ3n) is 1.14. The van der Waals surface area contributed by atoms with E-state index in [-0.39, 0.29) is 6.61 Å². The van der Waals surface area contributed by atoms with Gasteiger partial charge in [-0.1, -0.05) is 6.92 Å². The normalized spacial score (nSPS) is 14.9. The largest absolute Gasteiger partial charge is 0.394 e. The molecule has 11 heavy (non-hydrogen) atoms. The molecule has 0 aliphatic rings. The molecule has 0 rings (SSSR count). The summed E-state index contributed by atoms with van der Waals surface area (Å²) in [6, 6.07) is 0. The van der Waals surface area contributed by atoms with Crippen molar-refractivity contribution in [2.45, 2.75) is 19.4 Å². The molecule has 3 N–H and O–H groups in total. The maximum absolute atomic E-state index is 10.3. The summed E-state index contributed by atoms with van der Waals surface area (Å²) in [7, 11) is -4.08. The number of rotatable bonds is 5. The molecule has 0 saturated heterocycles. The van der Waals surface area contributed by atoms with Gasteiger partial charge in [-0.25, -0.2) is 0 Å². The zero-order valence-corrected chi connectivity index (χ0v) is 7.20. The SMILES string of the molecule is CCC(CO)OCP(=O)(O)O. The van der Waals surface area contributed by atoms with E-state index in [1.807, 2.05) is 0 Å². The van der Waals surface area contributed by atoms with Crippen molar-refractivity contribution in [3.63, 3.8) is 0 Å². The average molecular weight is 184 g/mol. The molecule has 0 fully saturated rings. The number of aliphatic hydroxyl groups excluding tert-OH is 1. The van der Waals surface area contributed by atoms with Gasteiger partial charge >= 0.3 is 7.60 Å². The summed E-state index contributed by atoms with van der Waals surface area (Å²) in [5, 5.41) is 8.54. The highest BCUT2D eigenvalue weighted by Crippen LogP contribution is 2.34. The summed E-state index contributed by atoms with van der Waals surface area (Å²) in [6.45, 7) is 1.55. The van der Waals surface area contributed by atoms with Crippen LogP contribution in [0.2, 0.25) is 0 Å². The molecule has 5 nitrogen and oxygen atoms in total. The van der Waals surface area contributed by atoms with Crippen LogP contribution in [0.25, 0.3) is 0 Å². The second-order valence-electron chi connectivity index (χ2n) is 2.17. The lowest BCUT2D eigenvalue weighted by Gasteiger charge is -2.13. The van der Waals surface area contributed by atoms with E-state index >= 15 is 0 Å². The van der Waals surface area contributed by atoms with Gasteiger partial charge in [0.2, 0.25) is 0 Å². The summed E-state index contributed by atoms with van der Waals surface area (Å²) < 4.78 is 14.9. The van der Waals surface area contributed by atoms with Gasteiger partial charge in [0.05, 0.1) is 12.7 Å². The number of ether oxygens (including phenoxy) is 1. The van der Waals surface area contributed by atoms with E-state index in [2.05, 4.69) is 0 Å². The van der Waals surface area contributed by atoms with Crippen LogP contribution >= 0.6 is 7.60 Å². The Kier molecular flexibility index (Phi) is 4.88. The topological polar surface area (TPSA) is 87.0 Å². The third kappa shape index (κ3) is 6.47. The molecular formula is C5H13O5P. The number of aliphatic hydroxyl groups is 1. The predicted molar refractivity (Wildman–Crippen MR) is 39.2 cm³/mol. The first-order valence-corrected chi connectivity index (χ1v) is 5.06. The van der Waals surface area contributed by atoms with Gasteiger partial charge in [0.15, 0.2) is 0 Å². The summed E-state index contributed by atoms with van der Waals surface area (Å²) in [5.41, 5.74) is 0. The van der Waals surface area contributed by atoms with Crippen LogP contribution in [0.3, 0.4) is 0 Å². The molecule has 0 saturated carbocycles. The number of hydrogen-bond donors (Lipinski definition) is 3. The van der Waals surface area contributed by atoms with E-state index in [0.717, 1.165) is 0 Å². The second kappa shape index (κ2) is 4.85. The number of hydrogen-bond acceptors (Lipinski definition) is 3. The summed E-state index contributed by atoms with van der Waals surface area (Å²) in [4.78, 5) is 16.7. The minimum Gasteiger partial charge on any atom is -0.394 e. The Bertz CT molecular complexity index is 138. The third-order valence-corrected chi connectivity index (χ3v) is 1.62. The Morgan fingerprint density at radius 2 is 2.09 bits per heavy atom. The maximum Gasteiger partial charge on any atom is 0.350 e. The zero-order valence-electron chi connectivity index (χ0n) is 6.30. The quantitative estimate of drug-likeness (QED) is 0.520. The molecule has 68 valence electrons. The zero-order chi connectivity index (χ0) is 8.91. The molecule has 0 amide bonds. The maximum atomic E-state index is 10.3. The molecule has 0 aromatic rings. The Hall–Kier alpha value is 0.0700. The van der Waals surface area contributed by atoms with Crippen LogP contribution in [-0.2, 0) is 9.30 Å². The van der Waals surface area contributed by atoms with E-state index in [1.54, 1.807) is 6.92 Å². The molecule has 0 aromatic carbocycles. The van der Waals surface area contributed by atoms with E-state index in [4.69, 9.17) is 19.6 Å². The molecule has 0 aliphatic carbocycles. The molecule has 0 aromatic heterocycles. The van der Waals surface area contributed by atoms with Crippen molar-refractivity contribution >= 4 is 7.60 Å². The fourth-order valence-corrected chi connectivity index (χ4v) is 0.907. The highest BCUT2D eigenvalue weighted by molar-refractivity contribution is 7.51. The van der Waals surface area contributed by atoms with Gasteiger partial charge in [0.1, 0.15) is 6.35 Å². The molecule has 1 unspecified atom stereocenters. The van der Waals surface area contributed by atoms with Gasteiger partial charge in [0, 0.05) is 0 Å². The van der Waals surface area contributed by atoms with Gasteiger partial charge in [-0.05, 0) is 6.42 Å². The Balaban J connectivity index is 3.59. The molecule has 0 aliphatic heterocycles. The fraction of sp³-hybridized carbons (Fsp3) is 1.00. The fourth-order valence-electron chi connectivity index (χ4n) is 0.502. The van der Waals surface area contributed by atoms with Crippen molar-refractivity contribution in [3.05, 3.63) is 0 Å². The van der Waals surface area contributed by atoms with Crippen molar-refractivity contribution in [1.29, 1.82) is 0 Å². The minimum atomic E-state index is -4.08. The Morgan fingerprint density at radius 1 is 1.55 bits per heavy atom. The lowest BCUT2D eigenvalue weighted by molar-refractivity contribution is 0.0282. The van der Waals surface area contributed by atoms with Gasteiger partial charge < -0.3 is 19.6 Å². The van der Waals surface area contributed by atoms with Crippen LogP contribution in [0.15, 0.2) is 0 Å². The van der Waals surface area contributed by atoms with Crippen LogP contribution in [0.5, 0.6) is 0 Å². The van der Waals surface area contributed by atoms with E-state index in [0.29, 0.717) is 6.42 Å². The van der Waals surface area contributed by atoms with Gasteiger partial charge in [-0.2, -0.15) is 0 Å². The Labute approximate surface area is 65.2 Å². The highest BCUT2D eigenvalue weighted by atomic mass is 31.2. The first-order chi connectivity index (χ1) is 4.99. The molecule has 0 radical (unpaired) electrons. The smallest absolute Gasteiger partial charge is 0.350 e. The summed E-state index contributed by atoms with van der Waals surface area (Å²) in [5.74, 6) is 0. The summed E-state index contributed by atoms with van der Waals surface area (Å²) in [6.07, 6.45) is -0.551. The van der Waals surface area contributed by atoms with Crippen LogP contribution in [0, 0.1) is 0 Å². The van der Waals surface area contributed by atoms with Crippen molar-refractivity contribution in [2.75, 3.05) is 13.0 Å². The standard InChI is InChI=1S/C5H13O5P/c1-2-5(3-6)10-4-11(7,8)9/h5-6H,2-4H2,1H3,(H2,7,8,9). The average Bonchev–Trinajstić information content (AvgIpc) is 1.88. The van der Waals surface area contributed by atoms with Crippen LogP contribution < -0.4 is 0 Å². The molecule has 0 heterocycles. The Morgan fingerprint density at radius 3 is 2.36 bits per heavy atom. The first-order valence-electron chi connectivity index (χ1n) is 3.26. The highest BCUT2D eigenvalue weighted by Gasteiger charge is 2.15. The second-order valence-corrected chi connectivity index (χ2v) is 3.76. The first kappa shape index (κ1) is 11.1. The molecular weight excluding hydrogens is 171 g/mol. The lowest BCUT2D eigenvalue weighted by atomic mass is 10.3. The molecule has 1 atom stereocenters. The summed E-state index contributed by atoms with van der Waals surface area (Å²) >= 11 is 0. The van der Waals surface area contributed by atoms with Crippen molar-refractivity contribution in [1.82, 2.24) is 0 Å². The van der Waals surface area contributed by atoms with E-state index < -0.39 is 20.0 Å². The molecule has 0 spiro atoms. The van der Waals surface area contributed by atoms with E-state index in [9.17, 15) is 4.57 Å². The van der Waals surface area contributed by atoms with Gasteiger partial charge in [-0.15, -0.1) is 0 Å². The van der Waals surface area contributed by atoms with Crippen LogP contribution in [0.4, 0.5) is 0 Å². The van der Waals surface area contributed by atoms with Gasteiger partial charge in [-0.3, -0.25) is 4.57 Å². The monoisotopic (exact) mass is 184 g/mol. The van der Waals surface area contributed by atoms with Crippen molar-refractivity contribution in [2.24, 2.45) is 0 Å². The predicted octanol–water partition coefficient (Wildman–Crippen LogP) is -0.0909. The molecule has 0 bridgehead atoms. The van der Waals surface area contributed by atoms with E-state index in [1.165, 1.54) is 0 Å². The minimum absolute atomic E-state index is 0.212.